The summed E-state index contributed by atoms with van der Waals surface area (Å²) in [7, 11) is 0. The van der Waals surface area contributed by atoms with Crippen molar-refractivity contribution >= 4 is 23.2 Å². The van der Waals surface area contributed by atoms with Crippen molar-refractivity contribution in [1.82, 2.24) is 4.98 Å². The number of pyridine rings is 1. The van der Waals surface area contributed by atoms with Crippen molar-refractivity contribution in [2.24, 2.45) is 0 Å². The van der Waals surface area contributed by atoms with Crippen molar-refractivity contribution in [2.75, 3.05) is 5.32 Å². The first kappa shape index (κ1) is 11.7. The van der Waals surface area contributed by atoms with Crippen LogP contribution in [-0.4, -0.2) is 10.9 Å². The van der Waals surface area contributed by atoms with Crippen LogP contribution in [0.25, 0.3) is 0 Å². The Hall–Kier alpha value is -1.81. The van der Waals surface area contributed by atoms with Gasteiger partial charge in [-0.3, -0.25) is 9.78 Å². The molecule has 0 aromatic carbocycles. The molecule has 1 amide bonds. The van der Waals surface area contributed by atoms with Crippen LogP contribution >= 0.6 is 11.6 Å². The van der Waals surface area contributed by atoms with Crippen molar-refractivity contribution in [3.05, 3.63) is 47.7 Å². The number of nitrogens with zero attached hydrogens (tertiary/aromatic N) is 1. The van der Waals surface area contributed by atoms with Gasteiger partial charge in [0.1, 0.15) is 5.76 Å². The zero-order valence-electron chi connectivity index (χ0n) is 9.24. The van der Waals surface area contributed by atoms with Crippen LogP contribution in [0.1, 0.15) is 21.9 Å². The molecular formula is C12H11ClN2O2. The maximum absolute atomic E-state index is 11.8. The molecule has 0 aliphatic rings. The molecule has 5 heteroatoms. The summed E-state index contributed by atoms with van der Waals surface area (Å²) in [4.78, 5) is 15.7. The topological polar surface area (TPSA) is 55.1 Å². The van der Waals surface area contributed by atoms with E-state index in [0.717, 1.165) is 5.56 Å². The maximum Gasteiger partial charge on any atom is 0.291 e. The monoisotopic (exact) mass is 250 g/mol. The van der Waals surface area contributed by atoms with E-state index in [4.69, 9.17) is 16.0 Å². The zero-order chi connectivity index (χ0) is 12.3. The van der Waals surface area contributed by atoms with Gasteiger partial charge in [-0.2, -0.15) is 0 Å². The predicted molar refractivity (Wildman–Crippen MR) is 65.2 cm³/mol. The normalized spacial score (nSPS) is 10.2. The van der Waals surface area contributed by atoms with Crippen LogP contribution in [0.15, 0.2) is 35.0 Å². The molecule has 0 saturated carbocycles. The predicted octanol–water partition coefficient (Wildman–Crippen LogP) is 2.97. The number of furan rings is 1. The number of aryl methyl sites for hydroxylation is 1. The summed E-state index contributed by atoms with van der Waals surface area (Å²) >= 11 is 5.71. The maximum atomic E-state index is 11.8. The van der Waals surface area contributed by atoms with Gasteiger partial charge in [0.2, 0.25) is 0 Å². The quantitative estimate of drug-likeness (QED) is 0.852. The van der Waals surface area contributed by atoms with E-state index in [1.165, 1.54) is 0 Å². The van der Waals surface area contributed by atoms with Gasteiger partial charge in [0.25, 0.3) is 5.91 Å². The SMILES string of the molecule is Cc1oc(C(=O)Nc2cccnc2)cc1CCl. The highest BCUT2D eigenvalue weighted by atomic mass is 35.5. The van der Waals surface area contributed by atoms with Crippen LogP contribution in [0.3, 0.4) is 0 Å². The number of carbonyl (C=O) groups is 1. The third kappa shape index (κ3) is 2.65. The molecule has 0 unspecified atom stereocenters. The Morgan fingerprint density at radius 3 is 3.00 bits per heavy atom. The standard InChI is InChI=1S/C12H11ClN2O2/c1-8-9(6-13)5-11(17-8)12(16)15-10-3-2-4-14-7-10/h2-5,7H,6H2,1H3,(H,15,16). The second-order valence-corrected chi connectivity index (χ2v) is 3.79. The van der Waals surface area contributed by atoms with Gasteiger partial charge < -0.3 is 9.73 Å². The highest BCUT2D eigenvalue weighted by Gasteiger charge is 2.13. The summed E-state index contributed by atoms with van der Waals surface area (Å²) in [5.74, 6) is 0.936. The van der Waals surface area contributed by atoms with E-state index in [0.29, 0.717) is 17.3 Å². The van der Waals surface area contributed by atoms with Gasteiger partial charge in [-0.05, 0) is 25.1 Å². The van der Waals surface area contributed by atoms with Crippen molar-refractivity contribution in [3.8, 4) is 0 Å². The number of anilines is 1. The molecule has 4 nitrogen and oxygen atoms in total. The summed E-state index contributed by atoms with van der Waals surface area (Å²) in [6, 6.07) is 5.14. The highest BCUT2D eigenvalue weighted by Crippen LogP contribution is 2.17. The number of nitrogens with one attached hydrogen (secondary N) is 1. The minimum Gasteiger partial charge on any atom is -0.456 e. The zero-order valence-corrected chi connectivity index (χ0v) is 9.99. The average molecular weight is 251 g/mol. The molecule has 2 heterocycles. The fourth-order valence-electron chi connectivity index (χ4n) is 1.39. The smallest absolute Gasteiger partial charge is 0.291 e. The van der Waals surface area contributed by atoms with Gasteiger partial charge in [-0.15, -0.1) is 11.6 Å². The van der Waals surface area contributed by atoms with Gasteiger partial charge >= 0.3 is 0 Å². The van der Waals surface area contributed by atoms with Crippen molar-refractivity contribution in [3.63, 3.8) is 0 Å². The lowest BCUT2D eigenvalue weighted by atomic mass is 10.3. The number of hydrogen-bond donors (Lipinski definition) is 1. The minimum atomic E-state index is -0.308. The molecule has 2 aromatic rings. The van der Waals surface area contributed by atoms with Crippen LogP contribution < -0.4 is 5.32 Å². The highest BCUT2D eigenvalue weighted by molar-refractivity contribution is 6.17. The van der Waals surface area contributed by atoms with Crippen LogP contribution in [0, 0.1) is 6.92 Å². The van der Waals surface area contributed by atoms with E-state index in [-0.39, 0.29) is 11.7 Å². The summed E-state index contributed by atoms with van der Waals surface area (Å²) in [5.41, 5.74) is 1.45. The summed E-state index contributed by atoms with van der Waals surface area (Å²) in [6.07, 6.45) is 3.20. The van der Waals surface area contributed by atoms with E-state index >= 15 is 0 Å². The lowest BCUT2D eigenvalue weighted by molar-refractivity contribution is 0.0995. The molecule has 17 heavy (non-hydrogen) atoms. The Morgan fingerprint density at radius 2 is 2.41 bits per heavy atom. The second-order valence-electron chi connectivity index (χ2n) is 3.52. The molecule has 0 aliphatic heterocycles. The molecule has 0 spiro atoms. The largest absolute Gasteiger partial charge is 0.456 e. The number of rotatable bonds is 3. The van der Waals surface area contributed by atoms with Gasteiger partial charge in [0.05, 0.1) is 17.8 Å². The Kier molecular flexibility index (Phi) is 3.44. The van der Waals surface area contributed by atoms with E-state index in [9.17, 15) is 4.79 Å². The fraction of sp³-hybridized carbons (Fsp3) is 0.167. The van der Waals surface area contributed by atoms with Crippen molar-refractivity contribution in [2.45, 2.75) is 12.8 Å². The van der Waals surface area contributed by atoms with Crippen molar-refractivity contribution in [1.29, 1.82) is 0 Å². The van der Waals surface area contributed by atoms with E-state index in [2.05, 4.69) is 10.3 Å². The lowest BCUT2D eigenvalue weighted by Gasteiger charge is -2.00. The molecule has 1 N–H and O–H groups in total. The van der Waals surface area contributed by atoms with Crippen LogP contribution in [0.2, 0.25) is 0 Å². The van der Waals surface area contributed by atoms with Crippen LogP contribution in [-0.2, 0) is 5.88 Å². The molecule has 0 bridgehead atoms. The van der Waals surface area contributed by atoms with Crippen LogP contribution in [0.5, 0.6) is 0 Å². The number of hydrogen-bond acceptors (Lipinski definition) is 3. The summed E-state index contributed by atoms with van der Waals surface area (Å²) in [6.45, 7) is 1.78. The van der Waals surface area contributed by atoms with E-state index < -0.39 is 0 Å². The molecule has 0 atom stereocenters. The number of alkyl halides is 1. The second kappa shape index (κ2) is 5.01. The first-order chi connectivity index (χ1) is 8.20. The number of carbonyl (C=O) groups excluding carboxylic acids is 1. The van der Waals surface area contributed by atoms with Crippen molar-refractivity contribution < 1.29 is 9.21 Å². The van der Waals surface area contributed by atoms with Crippen LogP contribution in [0.4, 0.5) is 5.69 Å². The molecular weight excluding hydrogens is 240 g/mol. The van der Waals surface area contributed by atoms with Gasteiger partial charge in [-0.25, -0.2) is 0 Å². The minimum absolute atomic E-state index is 0.252. The molecule has 2 aromatic heterocycles. The molecule has 0 saturated heterocycles. The summed E-state index contributed by atoms with van der Waals surface area (Å²) < 4.78 is 5.32. The Morgan fingerprint density at radius 1 is 1.59 bits per heavy atom. The Labute approximate surface area is 104 Å². The Bertz CT molecular complexity index is 523. The lowest BCUT2D eigenvalue weighted by Crippen LogP contribution is -2.10. The van der Waals surface area contributed by atoms with Gasteiger partial charge in [-0.1, -0.05) is 0 Å². The first-order valence-corrected chi connectivity index (χ1v) is 5.61. The third-order valence-corrected chi connectivity index (χ3v) is 2.60. The number of amides is 1. The molecule has 0 aliphatic carbocycles. The van der Waals surface area contributed by atoms with E-state index in [1.807, 2.05) is 0 Å². The average Bonchev–Trinajstić information content (AvgIpc) is 2.72. The molecule has 2 rings (SSSR count). The molecule has 88 valence electrons. The van der Waals surface area contributed by atoms with Gasteiger partial charge in [0.15, 0.2) is 5.76 Å². The third-order valence-electron chi connectivity index (χ3n) is 2.31. The summed E-state index contributed by atoms with van der Waals surface area (Å²) in [5, 5.41) is 2.68. The fourth-order valence-corrected chi connectivity index (χ4v) is 1.66. The van der Waals surface area contributed by atoms with E-state index in [1.54, 1.807) is 37.5 Å². The number of aromatic nitrogens is 1. The number of halogens is 1. The Balaban J connectivity index is 2.15. The first-order valence-electron chi connectivity index (χ1n) is 5.07. The molecule has 0 radical (unpaired) electrons. The van der Waals surface area contributed by atoms with Gasteiger partial charge in [0, 0.05) is 11.8 Å². The molecule has 0 fully saturated rings.